The minimum atomic E-state index is 0. The van der Waals surface area contributed by atoms with Gasteiger partial charge in [-0.05, 0) is 12.1 Å². The van der Waals surface area contributed by atoms with E-state index < -0.39 is 0 Å². The van der Waals surface area contributed by atoms with Crippen molar-refractivity contribution in [3.63, 3.8) is 0 Å². The van der Waals surface area contributed by atoms with E-state index in [0.29, 0.717) is 5.69 Å². The second-order valence-corrected chi connectivity index (χ2v) is 2.51. The lowest BCUT2D eigenvalue weighted by Crippen LogP contribution is -2.07. The molecule has 0 N–H and O–H groups in total. The Labute approximate surface area is 74.2 Å². The van der Waals surface area contributed by atoms with Gasteiger partial charge in [-0.15, -0.1) is 0 Å². The molecule has 1 aromatic carbocycles. The molecule has 4 heteroatoms. The molecule has 3 nitrogen and oxygen atoms in total. The first-order chi connectivity index (χ1) is 5.24. The fourth-order valence-electron chi connectivity index (χ4n) is 0.817. The maximum absolute atomic E-state index is 8.38. The first-order valence-corrected chi connectivity index (χ1v) is 3.36. The number of anilines is 1. The van der Waals surface area contributed by atoms with Crippen molar-refractivity contribution in [3.05, 3.63) is 29.2 Å². The van der Waals surface area contributed by atoms with E-state index in [2.05, 4.69) is 4.98 Å². The van der Waals surface area contributed by atoms with Crippen molar-refractivity contribution >= 4 is 19.8 Å². The van der Waals surface area contributed by atoms with E-state index in [1.54, 1.807) is 12.1 Å². The molecule has 0 spiro atoms. The van der Waals surface area contributed by atoms with Crippen molar-refractivity contribution in [2.24, 2.45) is 0 Å². The van der Waals surface area contributed by atoms with Gasteiger partial charge in [-0.3, -0.25) is 0 Å². The summed E-state index contributed by atoms with van der Waals surface area (Å²) in [6, 6.07) is 7.31. The van der Waals surface area contributed by atoms with Gasteiger partial charge in [-0.2, -0.15) is 0 Å². The van der Waals surface area contributed by atoms with E-state index >= 15 is 0 Å². The molecule has 0 amide bonds. The van der Waals surface area contributed by atoms with Crippen LogP contribution in [-0.4, -0.2) is 22.5 Å². The number of diazo groups is 1. The minimum absolute atomic E-state index is 0. The Morgan fingerprint density at radius 3 is 2.00 bits per heavy atom. The van der Waals surface area contributed by atoms with Crippen LogP contribution < -0.4 is 4.90 Å². The Hall–Kier alpha value is -1.50. The number of nitrogens with zero attached hydrogens (tertiary/aromatic N) is 3. The Kier molecular flexibility index (Phi) is 3.85. The third kappa shape index (κ3) is 2.28. The zero-order valence-corrected chi connectivity index (χ0v) is 6.65. The summed E-state index contributed by atoms with van der Waals surface area (Å²) in [5, 5.41) is 8.38. The average Bonchev–Trinajstić information content (AvgIpc) is 2.05. The van der Waals surface area contributed by atoms with Crippen LogP contribution in [0.15, 0.2) is 24.3 Å². The Morgan fingerprint density at radius 2 is 1.67 bits per heavy atom. The van der Waals surface area contributed by atoms with E-state index in [1.165, 1.54) is 0 Å². The molecule has 0 bridgehead atoms. The van der Waals surface area contributed by atoms with Gasteiger partial charge in [-0.1, -0.05) is 8.41 Å². The number of benzene rings is 1. The molecule has 0 aliphatic heterocycles. The van der Waals surface area contributed by atoms with E-state index in [0.717, 1.165) is 5.69 Å². The predicted octanol–water partition coefficient (Wildman–Crippen LogP) is 0.786. The second-order valence-electron chi connectivity index (χ2n) is 2.51. The van der Waals surface area contributed by atoms with Crippen molar-refractivity contribution in [1.29, 1.82) is 5.39 Å². The Bertz CT molecular complexity index is 273. The fourth-order valence-corrected chi connectivity index (χ4v) is 0.817. The lowest BCUT2D eigenvalue weighted by molar-refractivity contribution is 1.13. The average molecular weight is 163 g/mol. The summed E-state index contributed by atoms with van der Waals surface area (Å²) in [7, 11) is 3.93. The van der Waals surface area contributed by atoms with Crippen LogP contribution >= 0.6 is 0 Å². The number of hydrogen-bond acceptors (Lipinski definition) is 2. The van der Waals surface area contributed by atoms with Gasteiger partial charge in [0, 0.05) is 31.9 Å². The first kappa shape index (κ1) is 10.5. The van der Waals surface area contributed by atoms with Crippen LogP contribution in [0.3, 0.4) is 0 Å². The molecule has 0 saturated carbocycles. The lowest BCUT2D eigenvalue weighted by Gasteiger charge is -2.09. The van der Waals surface area contributed by atoms with Crippen molar-refractivity contribution in [1.82, 2.24) is 0 Å². The van der Waals surface area contributed by atoms with Gasteiger partial charge < -0.3 is 4.90 Å². The first-order valence-electron chi connectivity index (χ1n) is 3.36. The highest BCUT2D eigenvalue weighted by molar-refractivity contribution is 5.75. The van der Waals surface area contributed by atoms with Crippen LogP contribution in [-0.2, 0) is 0 Å². The van der Waals surface area contributed by atoms with Gasteiger partial charge >= 0.3 is 5.69 Å². The van der Waals surface area contributed by atoms with Gasteiger partial charge in [0.25, 0.3) is 0 Å². The molecule has 64 valence electrons. The van der Waals surface area contributed by atoms with Crippen LogP contribution in [0.5, 0.6) is 0 Å². The number of hydrogen-bond donors (Lipinski definition) is 0. The monoisotopic (exact) mass is 163 g/mol. The molecule has 0 unspecified atom stereocenters. The SMILES string of the molecule is CN(C)c1ccc([N+]#N)cc1.[BH4-]. The Morgan fingerprint density at radius 1 is 1.17 bits per heavy atom. The van der Waals surface area contributed by atoms with Crippen molar-refractivity contribution in [2.45, 2.75) is 0 Å². The van der Waals surface area contributed by atoms with Crippen LogP contribution in [0.1, 0.15) is 0 Å². The smallest absolute Gasteiger partial charge is 0.378 e. The molecule has 1 rings (SSSR count). The normalized spacial score (nSPS) is 8.08. The number of rotatable bonds is 1. The predicted molar refractivity (Wildman–Crippen MR) is 56.8 cm³/mol. The summed E-state index contributed by atoms with van der Waals surface area (Å²) in [5.74, 6) is 0. The standard InChI is InChI=1S/C8H10N3.BH4/c1-11(2)8-5-3-7(10-9)4-6-8;/h3-6H,1-2H3;1H4/q+1;-1. The third-order valence-electron chi connectivity index (χ3n) is 1.48. The van der Waals surface area contributed by atoms with Gasteiger partial charge in [0.2, 0.25) is 5.39 Å². The van der Waals surface area contributed by atoms with E-state index in [-0.39, 0.29) is 8.41 Å². The Balaban J connectivity index is 0.00000121. The molecule has 0 aliphatic rings. The molecule has 0 atom stereocenters. The summed E-state index contributed by atoms with van der Waals surface area (Å²) in [6.07, 6.45) is 0. The van der Waals surface area contributed by atoms with Gasteiger partial charge in [-0.25, -0.2) is 0 Å². The van der Waals surface area contributed by atoms with E-state index in [9.17, 15) is 0 Å². The molecule has 12 heavy (non-hydrogen) atoms. The molecular weight excluding hydrogens is 149 g/mol. The van der Waals surface area contributed by atoms with Crippen molar-refractivity contribution < 1.29 is 0 Å². The molecule has 0 heterocycles. The molecule has 0 saturated heterocycles. The zero-order valence-electron chi connectivity index (χ0n) is 6.65. The molecule has 1 aromatic rings. The minimum Gasteiger partial charge on any atom is -0.378 e. The van der Waals surface area contributed by atoms with Crippen LogP contribution in [0.4, 0.5) is 11.4 Å². The highest BCUT2D eigenvalue weighted by atomic mass is 15.1. The molecule has 0 aliphatic carbocycles. The topological polar surface area (TPSA) is 31.4 Å². The molecular formula is C8H14BN3. The largest absolute Gasteiger partial charge is 0.385 e. The van der Waals surface area contributed by atoms with E-state index in [1.807, 2.05) is 31.1 Å². The maximum atomic E-state index is 8.38. The van der Waals surface area contributed by atoms with Gasteiger partial charge in [0.05, 0.1) is 0 Å². The lowest BCUT2D eigenvalue weighted by atomic mass is 10.3. The summed E-state index contributed by atoms with van der Waals surface area (Å²) in [6.45, 7) is 0. The highest BCUT2D eigenvalue weighted by Crippen LogP contribution is 2.17. The molecule has 0 fully saturated rings. The summed E-state index contributed by atoms with van der Waals surface area (Å²) >= 11 is 0. The summed E-state index contributed by atoms with van der Waals surface area (Å²) < 4.78 is 0. The molecule has 0 radical (unpaired) electrons. The summed E-state index contributed by atoms with van der Waals surface area (Å²) in [4.78, 5) is 5.04. The van der Waals surface area contributed by atoms with Crippen LogP contribution in [0.25, 0.3) is 4.98 Å². The van der Waals surface area contributed by atoms with Crippen LogP contribution in [0.2, 0.25) is 0 Å². The quantitative estimate of drug-likeness (QED) is 0.452. The van der Waals surface area contributed by atoms with Crippen molar-refractivity contribution in [3.8, 4) is 0 Å². The van der Waals surface area contributed by atoms with Crippen LogP contribution in [0, 0.1) is 5.39 Å². The van der Waals surface area contributed by atoms with Gasteiger partial charge in [0.15, 0.2) is 4.98 Å². The summed E-state index contributed by atoms with van der Waals surface area (Å²) in [5.41, 5.74) is 1.67. The zero-order chi connectivity index (χ0) is 8.27. The molecule has 0 aromatic heterocycles. The third-order valence-corrected chi connectivity index (χ3v) is 1.48. The van der Waals surface area contributed by atoms with Gasteiger partial charge in [0.1, 0.15) is 0 Å². The second kappa shape index (κ2) is 4.40. The highest BCUT2D eigenvalue weighted by Gasteiger charge is 2.02. The fraction of sp³-hybridized carbons (Fsp3) is 0.250. The maximum Gasteiger partial charge on any atom is 0.385 e. The van der Waals surface area contributed by atoms with E-state index in [4.69, 9.17) is 5.39 Å². The van der Waals surface area contributed by atoms with Crippen molar-refractivity contribution in [2.75, 3.05) is 19.0 Å².